The number of benzene rings is 1. The summed E-state index contributed by atoms with van der Waals surface area (Å²) in [6.45, 7) is 5.57. The van der Waals surface area contributed by atoms with E-state index in [0.717, 1.165) is 5.56 Å². The molecule has 0 atom stereocenters. The third kappa shape index (κ3) is 6.00. The van der Waals surface area contributed by atoms with Gasteiger partial charge in [0, 0.05) is 37.7 Å². The number of piperazine rings is 1. The molecular formula is C21H26ClN5O3. The zero-order chi connectivity index (χ0) is 21.3. The van der Waals surface area contributed by atoms with Crippen LogP contribution in [0, 0.1) is 0 Å². The van der Waals surface area contributed by atoms with Crippen LogP contribution in [-0.4, -0.2) is 66.8 Å². The van der Waals surface area contributed by atoms with Crippen molar-refractivity contribution in [2.75, 3.05) is 39.3 Å². The van der Waals surface area contributed by atoms with E-state index >= 15 is 0 Å². The van der Waals surface area contributed by atoms with Crippen molar-refractivity contribution in [3.63, 3.8) is 0 Å². The predicted octanol–water partition coefficient (Wildman–Crippen LogP) is 1.97. The van der Waals surface area contributed by atoms with Crippen LogP contribution in [0.4, 0.5) is 0 Å². The van der Waals surface area contributed by atoms with Crippen LogP contribution in [0.3, 0.4) is 0 Å². The minimum atomic E-state index is -0.272. The van der Waals surface area contributed by atoms with Crippen molar-refractivity contribution in [2.45, 2.75) is 13.5 Å². The molecule has 1 aliphatic heterocycles. The van der Waals surface area contributed by atoms with Crippen LogP contribution in [0.15, 0.2) is 52.1 Å². The molecule has 0 aliphatic carbocycles. The van der Waals surface area contributed by atoms with Gasteiger partial charge in [-0.1, -0.05) is 23.7 Å². The molecule has 2 N–H and O–H groups in total. The Labute approximate surface area is 180 Å². The molecule has 1 fully saturated rings. The van der Waals surface area contributed by atoms with Gasteiger partial charge in [-0.2, -0.15) is 0 Å². The van der Waals surface area contributed by atoms with Gasteiger partial charge in [0.2, 0.25) is 5.91 Å². The molecule has 3 rings (SSSR count). The number of amides is 2. The topological polar surface area (TPSA) is 90.2 Å². The minimum Gasteiger partial charge on any atom is -0.459 e. The fourth-order valence-corrected chi connectivity index (χ4v) is 3.24. The Morgan fingerprint density at radius 3 is 2.67 bits per heavy atom. The fourth-order valence-electron chi connectivity index (χ4n) is 3.12. The largest absolute Gasteiger partial charge is 0.459 e. The Balaban J connectivity index is 1.50. The number of aliphatic imine (C=N–C) groups is 1. The number of nitrogens with zero attached hydrogens (tertiary/aromatic N) is 3. The van der Waals surface area contributed by atoms with Gasteiger partial charge in [0.15, 0.2) is 11.7 Å². The average Bonchev–Trinajstić information content (AvgIpc) is 3.28. The highest BCUT2D eigenvalue weighted by molar-refractivity contribution is 6.30. The second-order valence-corrected chi connectivity index (χ2v) is 7.27. The molecule has 0 saturated carbocycles. The number of guanidine groups is 1. The molecule has 0 bridgehead atoms. The first kappa shape index (κ1) is 21.7. The van der Waals surface area contributed by atoms with Crippen LogP contribution in [0.25, 0.3) is 0 Å². The van der Waals surface area contributed by atoms with E-state index in [2.05, 4.69) is 15.6 Å². The number of furan rings is 1. The molecule has 1 saturated heterocycles. The van der Waals surface area contributed by atoms with E-state index in [0.29, 0.717) is 50.3 Å². The Kier molecular flexibility index (Phi) is 7.73. The number of hydrogen-bond donors (Lipinski definition) is 2. The molecule has 0 radical (unpaired) electrons. The second-order valence-electron chi connectivity index (χ2n) is 6.83. The van der Waals surface area contributed by atoms with Crippen LogP contribution >= 0.6 is 11.6 Å². The van der Waals surface area contributed by atoms with E-state index in [9.17, 15) is 9.59 Å². The molecule has 1 aromatic carbocycles. The smallest absolute Gasteiger partial charge is 0.287 e. The molecule has 0 spiro atoms. The summed E-state index contributed by atoms with van der Waals surface area (Å²) in [5.41, 5.74) is 1.05. The third-order valence-corrected chi connectivity index (χ3v) is 4.90. The van der Waals surface area contributed by atoms with Crippen molar-refractivity contribution in [1.82, 2.24) is 20.4 Å². The highest BCUT2D eigenvalue weighted by atomic mass is 35.5. The highest BCUT2D eigenvalue weighted by Crippen LogP contribution is 2.13. The Morgan fingerprint density at radius 1 is 1.20 bits per heavy atom. The Morgan fingerprint density at radius 2 is 2.00 bits per heavy atom. The summed E-state index contributed by atoms with van der Waals surface area (Å²) in [5.74, 6) is 0.719. The molecule has 9 heteroatoms. The van der Waals surface area contributed by atoms with Gasteiger partial charge < -0.3 is 24.9 Å². The number of nitrogens with one attached hydrogen (secondary N) is 2. The highest BCUT2D eigenvalue weighted by Gasteiger charge is 2.26. The third-order valence-electron chi connectivity index (χ3n) is 4.64. The van der Waals surface area contributed by atoms with Gasteiger partial charge in [0.05, 0.1) is 19.4 Å². The molecular weight excluding hydrogens is 406 g/mol. The predicted molar refractivity (Wildman–Crippen MR) is 115 cm³/mol. The maximum absolute atomic E-state index is 12.6. The van der Waals surface area contributed by atoms with E-state index < -0.39 is 0 Å². The van der Waals surface area contributed by atoms with Gasteiger partial charge in [0.25, 0.3) is 5.91 Å². The molecule has 2 amide bonds. The number of halogens is 1. The first-order chi connectivity index (χ1) is 14.6. The van der Waals surface area contributed by atoms with Gasteiger partial charge in [0.1, 0.15) is 0 Å². The van der Waals surface area contributed by atoms with Gasteiger partial charge in [-0.3, -0.25) is 14.6 Å². The monoisotopic (exact) mass is 431 g/mol. The molecule has 0 unspecified atom stereocenters. The van der Waals surface area contributed by atoms with E-state index in [1.165, 1.54) is 6.26 Å². The van der Waals surface area contributed by atoms with Crippen LogP contribution in [-0.2, 0) is 11.3 Å². The maximum Gasteiger partial charge on any atom is 0.287 e. The van der Waals surface area contributed by atoms with Gasteiger partial charge in [-0.05, 0) is 36.8 Å². The lowest BCUT2D eigenvalue weighted by atomic mass is 10.2. The van der Waals surface area contributed by atoms with E-state index in [-0.39, 0.29) is 24.1 Å². The number of rotatable bonds is 7. The van der Waals surface area contributed by atoms with Gasteiger partial charge in [-0.15, -0.1) is 0 Å². The molecule has 160 valence electrons. The molecule has 1 aromatic heterocycles. The lowest BCUT2D eigenvalue weighted by Gasteiger charge is -2.36. The van der Waals surface area contributed by atoms with Crippen LogP contribution in [0.1, 0.15) is 23.0 Å². The van der Waals surface area contributed by atoms with Crippen molar-refractivity contribution in [2.24, 2.45) is 4.99 Å². The summed E-state index contributed by atoms with van der Waals surface area (Å²) < 4.78 is 5.06. The second kappa shape index (κ2) is 10.7. The van der Waals surface area contributed by atoms with E-state index in [1.54, 1.807) is 12.1 Å². The number of hydrogen-bond acceptors (Lipinski definition) is 4. The minimum absolute atomic E-state index is 0.0490. The van der Waals surface area contributed by atoms with Crippen molar-refractivity contribution in [3.8, 4) is 0 Å². The van der Waals surface area contributed by atoms with Gasteiger partial charge >= 0.3 is 0 Å². The first-order valence-electron chi connectivity index (χ1n) is 9.94. The molecule has 30 heavy (non-hydrogen) atoms. The Hall–Kier alpha value is -3.00. The maximum atomic E-state index is 12.6. The normalized spacial score (nSPS) is 14.7. The molecule has 2 heterocycles. The van der Waals surface area contributed by atoms with Crippen molar-refractivity contribution in [3.05, 3.63) is 59.0 Å². The Bertz CT molecular complexity index is 867. The fraction of sp³-hybridized carbons (Fsp3) is 0.381. The summed E-state index contributed by atoms with van der Waals surface area (Å²) in [4.78, 5) is 32.9. The number of carbonyl (C=O) groups is 2. The summed E-state index contributed by atoms with van der Waals surface area (Å²) in [5, 5.41) is 6.66. The summed E-state index contributed by atoms with van der Waals surface area (Å²) in [6, 6.07) is 10.8. The van der Waals surface area contributed by atoms with Gasteiger partial charge in [-0.25, -0.2) is 0 Å². The number of carbonyl (C=O) groups excluding carboxylic acids is 2. The zero-order valence-corrected chi connectivity index (χ0v) is 17.7. The van der Waals surface area contributed by atoms with Crippen molar-refractivity contribution < 1.29 is 14.0 Å². The summed E-state index contributed by atoms with van der Waals surface area (Å²) in [7, 11) is 0. The van der Waals surface area contributed by atoms with E-state index in [1.807, 2.05) is 41.0 Å². The van der Waals surface area contributed by atoms with Crippen LogP contribution < -0.4 is 10.6 Å². The van der Waals surface area contributed by atoms with Crippen molar-refractivity contribution >= 4 is 29.4 Å². The van der Waals surface area contributed by atoms with Crippen LogP contribution in [0.5, 0.6) is 0 Å². The lowest BCUT2D eigenvalue weighted by molar-refractivity contribution is -0.135. The quantitative estimate of drug-likeness (QED) is 0.397. The van der Waals surface area contributed by atoms with Crippen molar-refractivity contribution in [1.29, 1.82) is 0 Å². The standard InChI is InChI=1S/C21H26ClN5O3/c1-2-23-21(25-10-9-24-20(29)18-4-3-13-30-18)27-12-11-26(19(28)15-27)14-16-5-7-17(22)8-6-16/h3-8,13H,2,9-12,14-15H2,1H3,(H,23,25)(H,24,29). The average molecular weight is 432 g/mol. The zero-order valence-electron chi connectivity index (χ0n) is 16.9. The summed E-state index contributed by atoms with van der Waals surface area (Å²) in [6.07, 6.45) is 1.46. The molecule has 2 aromatic rings. The molecule has 8 nitrogen and oxygen atoms in total. The SMILES string of the molecule is CCNC(=NCCNC(=O)c1ccco1)N1CCN(Cc2ccc(Cl)cc2)C(=O)C1. The first-order valence-corrected chi connectivity index (χ1v) is 10.3. The summed E-state index contributed by atoms with van der Waals surface area (Å²) >= 11 is 5.93. The lowest BCUT2D eigenvalue weighted by Crippen LogP contribution is -2.55. The van der Waals surface area contributed by atoms with E-state index in [4.69, 9.17) is 16.0 Å². The molecule has 1 aliphatic rings. The van der Waals surface area contributed by atoms with Crippen LogP contribution in [0.2, 0.25) is 5.02 Å².